The molecular weight excluding hydrogens is 136 g/mol. The minimum absolute atomic E-state index is 0.00463. The minimum Gasteiger partial charge on any atom is -0.395 e. The summed E-state index contributed by atoms with van der Waals surface area (Å²) in [4.78, 5) is 0. The Bertz CT molecular complexity index is 64.1. The first-order valence-corrected chi connectivity index (χ1v) is 4.36. The maximum Gasteiger partial charge on any atom is 0.0678 e. The number of thioether (sulfide) groups is 1. The summed E-state index contributed by atoms with van der Waals surface area (Å²) in [6.45, 7) is 1.97. The van der Waals surface area contributed by atoms with Crippen LogP contribution < -0.4 is 0 Å². The van der Waals surface area contributed by atoms with Gasteiger partial charge in [-0.15, -0.1) is 0 Å². The van der Waals surface area contributed by atoms with Crippen LogP contribution in [0.2, 0.25) is 0 Å². The van der Waals surface area contributed by atoms with Crippen molar-refractivity contribution in [2.75, 3.05) is 12.9 Å². The third kappa shape index (κ3) is 3.08. The highest BCUT2D eigenvalue weighted by Gasteiger charge is 2.13. The van der Waals surface area contributed by atoms with Gasteiger partial charge in [0.05, 0.1) is 18.0 Å². The Balaban J connectivity index is 3.50. The third-order valence-corrected chi connectivity index (χ3v) is 2.40. The topological polar surface area (TPSA) is 40.5 Å². The van der Waals surface area contributed by atoms with E-state index in [1.54, 1.807) is 0 Å². The predicted octanol–water partition coefficient (Wildman–Crippen LogP) is 0.481. The summed E-state index contributed by atoms with van der Waals surface area (Å²) in [6, 6.07) is 0. The molecule has 0 aromatic carbocycles. The van der Waals surface area contributed by atoms with Crippen molar-refractivity contribution in [3.8, 4) is 0 Å². The van der Waals surface area contributed by atoms with Crippen LogP contribution in [0.5, 0.6) is 0 Å². The summed E-state index contributed by atoms with van der Waals surface area (Å²) in [7, 11) is 0. The molecule has 0 spiro atoms. The van der Waals surface area contributed by atoms with E-state index in [0.717, 1.165) is 0 Å². The van der Waals surface area contributed by atoms with Crippen LogP contribution in [-0.4, -0.2) is 34.4 Å². The highest BCUT2D eigenvalue weighted by atomic mass is 32.2. The largest absolute Gasteiger partial charge is 0.395 e. The van der Waals surface area contributed by atoms with Crippen LogP contribution >= 0.6 is 11.8 Å². The molecule has 0 rings (SSSR count). The molecule has 0 aromatic rings. The Hall–Kier alpha value is 0.270. The van der Waals surface area contributed by atoms with Gasteiger partial charge in [-0.1, -0.05) is 6.92 Å². The maximum atomic E-state index is 9.14. The lowest BCUT2D eigenvalue weighted by Crippen LogP contribution is -2.25. The van der Waals surface area contributed by atoms with Crippen LogP contribution in [0.3, 0.4) is 0 Å². The van der Waals surface area contributed by atoms with Gasteiger partial charge < -0.3 is 10.2 Å². The first-order valence-electron chi connectivity index (χ1n) is 3.08. The number of hydrogen-bond acceptors (Lipinski definition) is 3. The van der Waals surface area contributed by atoms with E-state index in [9.17, 15) is 0 Å². The van der Waals surface area contributed by atoms with Crippen LogP contribution in [0.25, 0.3) is 0 Å². The van der Waals surface area contributed by atoms with Gasteiger partial charge in [-0.2, -0.15) is 11.8 Å². The van der Waals surface area contributed by atoms with Gasteiger partial charge in [-0.05, 0) is 12.7 Å². The fourth-order valence-corrected chi connectivity index (χ4v) is 1.27. The molecule has 1 unspecified atom stereocenters. The molecule has 3 heteroatoms. The first kappa shape index (κ1) is 9.27. The van der Waals surface area contributed by atoms with Crippen LogP contribution in [0, 0.1) is 0 Å². The number of hydrogen-bond donors (Lipinski definition) is 2. The van der Waals surface area contributed by atoms with Gasteiger partial charge >= 0.3 is 0 Å². The molecule has 9 heavy (non-hydrogen) atoms. The van der Waals surface area contributed by atoms with Gasteiger partial charge in [0.15, 0.2) is 0 Å². The molecule has 2 atom stereocenters. The van der Waals surface area contributed by atoms with Crippen molar-refractivity contribution in [2.45, 2.75) is 24.7 Å². The van der Waals surface area contributed by atoms with E-state index in [2.05, 4.69) is 0 Å². The number of aliphatic hydroxyl groups is 2. The molecule has 0 heterocycles. The average Bonchev–Trinajstić information content (AvgIpc) is 1.90. The number of aliphatic hydroxyl groups excluding tert-OH is 2. The highest BCUT2D eigenvalue weighted by Crippen LogP contribution is 2.12. The van der Waals surface area contributed by atoms with Crippen LogP contribution in [-0.2, 0) is 0 Å². The second-order valence-electron chi connectivity index (χ2n) is 1.93. The lowest BCUT2D eigenvalue weighted by Gasteiger charge is -2.16. The maximum absolute atomic E-state index is 9.14. The van der Waals surface area contributed by atoms with E-state index in [-0.39, 0.29) is 18.0 Å². The molecule has 0 aromatic heterocycles. The SMILES string of the molecule is CCC(O)[C@@H](CO)SC. The molecule has 0 saturated heterocycles. The predicted molar refractivity (Wildman–Crippen MR) is 40.7 cm³/mol. The van der Waals surface area contributed by atoms with E-state index in [4.69, 9.17) is 10.2 Å². The molecule has 0 bridgehead atoms. The van der Waals surface area contributed by atoms with Gasteiger partial charge in [-0.25, -0.2) is 0 Å². The summed E-state index contributed by atoms with van der Waals surface area (Å²) in [5.74, 6) is 0. The normalized spacial score (nSPS) is 17.3. The van der Waals surface area contributed by atoms with Crippen molar-refractivity contribution in [3.05, 3.63) is 0 Å². The van der Waals surface area contributed by atoms with Gasteiger partial charge in [-0.3, -0.25) is 0 Å². The molecule has 0 aliphatic rings. The zero-order valence-electron chi connectivity index (χ0n) is 5.87. The fourth-order valence-electron chi connectivity index (χ4n) is 0.616. The summed E-state index contributed by atoms with van der Waals surface area (Å²) in [6.07, 6.45) is 2.25. The molecular formula is C6H14O2S. The summed E-state index contributed by atoms with van der Waals surface area (Å²) < 4.78 is 0. The van der Waals surface area contributed by atoms with E-state index in [1.807, 2.05) is 13.2 Å². The highest BCUT2D eigenvalue weighted by molar-refractivity contribution is 7.99. The van der Waals surface area contributed by atoms with E-state index < -0.39 is 0 Å². The molecule has 0 radical (unpaired) electrons. The van der Waals surface area contributed by atoms with Crippen LogP contribution in [0.15, 0.2) is 0 Å². The Morgan fingerprint density at radius 3 is 2.22 bits per heavy atom. The van der Waals surface area contributed by atoms with Gasteiger partial charge in [0.1, 0.15) is 0 Å². The zero-order valence-corrected chi connectivity index (χ0v) is 6.69. The van der Waals surface area contributed by atoms with Crippen LogP contribution in [0.1, 0.15) is 13.3 Å². The molecule has 56 valence electrons. The van der Waals surface area contributed by atoms with E-state index in [0.29, 0.717) is 6.42 Å². The Morgan fingerprint density at radius 2 is 2.11 bits per heavy atom. The third-order valence-electron chi connectivity index (χ3n) is 1.33. The van der Waals surface area contributed by atoms with Gasteiger partial charge in [0.2, 0.25) is 0 Å². The molecule has 0 aliphatic carbocycles. The van der Waals surface area contributed by atoms with E-state index in [1.165, 1.54) is 11.8 Å². The zero-order chi connectivity index (χ0) is 7.28. The van der Waals surface area contributed by atoms with Crippen LogP contribution in [0.4, 0.5) is 0 Å². The molecule has 0 aliphatic heterocycles. The van der Waals surface area contributed by atoms with Crippen molar-refractivity contribution >= 4 is 11.8 Å². The van der Waals surface area contributed by atoms with E-state index >= 15 is 0 Å². The molecule has 2 N–H and O–H groups in total. The van der Waals surface area contributed by atoms with Gasteiger partial charge in [0.25, 0.3) is 0 Å². The minimum atomic E-state index is -0.356. The second kappa shape index (κ2) is 5.09. The van der Waals surface area contributed by atoms with Crippen molar-refractivity contribution in [1.82, 2.24) is 0 Å². The van der Waals surface area contributed by atoms with Crippen molar-refractivity contribution < 1.29 is 10.2 Å². The smallest absolute Gasteiger partial charge is 0.0678 e. The van der Waals surface area contributed by atoms with Crippen molar-refractivity contribution in [3.63, 3.8) is 0 Å². The Labute approximate surface area is 60.3 Å². The standard InChI is InChI=1S/C6H14O2S/c1-3-5(8)6(4-7)9-2/h5-8H,3-4H2,1-2H3/t5?,6-/m1/s1. The van der Waals surface area contributed by atoms with Crippen molar-refractivity contribution in [1.29, 1.82) is 0 Å². The monoisotopic (exact) mass is 150 g/mol. The molecule has 0 saturated carbocycles. The number of rotatable bonds is 4. The quantitative estimate of drug-likeness (QED) is 0.612. The Kier molecular flexibility index (Phi) is 5.24. The summed E-state index contributed by atoms with van der Waals surface area (Å²) >= 11 is 1.50. The second-order valence-corrected chi connectivity index (χ2v) is 3.01. The van der Waals surface area contributed by atoms with Gasteiger partial charge in [0, 0.05) is 0 Å². The summed E-state index contributed by atoms with van der Waals surface area (Å²) in [5.41, 5.74) is 0. The fraction of sp³-hybridized carbons (Fsp3) is 1.00. The Morgan fingerprint density at radius 1 is 1.56 bits per heavy atom. The lowest BCUT2D eigenvalue weighted by molar-refractivity contribution is 0.137. The molecule has 0 fully saturated rings. The molecule has 0 amide bonds. The average molecular weight is 150 g/mol. The summed E-state index contributed by atoms with van der Waals surface area (Å²) in [5, 5.41) is 17.8. The lowest BCUT2D eigenvalue weighted by atomic mass is 10.2. The van der Waals surface area contributed by atoms with Crippen molar-refractivity contribution in [2.24, 2.45) is 0 Å². The first-order chi connectivity index (χ1) is 4.26. The molecule has 2 nitrogen and oxygen atoms in total.